The van der Waals surface area contributed by atoms with Crippen LogP contribution in [0.25, 0.3) is 0 Å². The van der Waals surface area contributed by atoms with Gasteiger partial charge in [0.1, 0.15) is 5.75 Å². The maximum Gasteiger partial charge on any atom is 0.325 e. The number of fused-ring (bicyclic) bond motifs is 1. The molecule has 2 aromatic rings. The van der Waals surface area contributed by atoms with Gasteiger partial charge >= 0.3 is 6.03 Å². The second-order valence-electron chi connectivity index (χ2n) is 7.74. The van der Waals surface area contributed by atoms with E-state index in [0.29, 0.717) is 32.1 Å². The van der Waals surface area contributed by atoms with Gasteiger partial charge in [-0.15, -0.1) is 0 Å². The molecule has 0 aliphatic carbocycles. The summed E-state index contributed by atoms with van der Waals surface area (Å²) in [6, 6.07) is 18.8. The van der Waals surface area contributed by atoms with Crippen molar-refractivity contribution in [1.82, 2.24) is 20.0 Å². The zero-order valence-corrected chi connectivity index (χ0v) is 17.8. The predicted molar refractivity (Wildman–Crippen MR) is 117 cm³/mol. The average Bonchev–Trinajstić information content (AvgIpc) is 3.17. The molecule has 8 heteroatoms. The first-order valence-electron chi connectivity index (χ1n) is 10.4. The molecule has 0 bridgehead atoms. The van der Waals surface area contributed by atoms with Crippen LogP contribution in [0.4, 0.5) is 4.79 Å². The van der Waals surface area contributed by atoms with Gasteiger partial charge in [0.15, 0.2) is 18.2 Å². The molecule has 1 fully saturated rings. The predicted octanol–water partition coefficient (Wildman–Crippen LogP) is 2.14. The molecule has 2 aliphatic rings. The van der Waals surface area contributed by atoms with Crippen molar-refractivity contribution in [3.05, 3.63) is 66.2 Å². The molecule has 0 spiro atoms. The van der Waals surface area contributed by atoms with Gasteiger partial charge in [0.2, 0.25) is 0 Å². The minimum Gasteiger partial charge on any atom is -0.494 e. The van der Waals surface area contributed by atoms with Crippen LogP contribution in [0, 0.1) is 0 Å². The lowest BCUT2D eigenvalue weighted by Crippen LogP contribution is -2.64. The van der Waals surface area contributed by atoms with Crippen LogP contribution in [-0.4, -0.2) is 72.1 Å². The summed E-state index contributed by atoms with van der Waals surface area (Å²) < 4.78 is 5.81. The van der Waals surface area contributed by atoms with Crippen LogP contribution in [-0.2, 0) is 11.3 Å². The van der Waals surface area contributed by atoms with Gasteiger partial charge in [-0.3, -0.25) is 10.1 Å². The molecule has 2 heterocycles. The van der Waals surface area contributed by atoms with Crippen molar-refractivity contribution in [3.63, 3.8) is 0 Å². The third kappa shape index (κ3) is 4.47. The van der Waals surface area contributed by atoms with Gasteiger partial charge in [-0.25, -0.2) is 9.79 Å². The molecule has 4 rings (SSSR count). The quantitative estimate of drug-likeness (QED) is 0.693. The minimum absolute atomic E-state index is 0.316. The Morgan fingerprint density at radius 1 is 1.06 bits per heavy atom. The van der Waals surface area contributed by atoms with Crippen molar-refractivity contribution in [1.29, 1.82) is 0 Å². The Labute approximate surface area is 182 Å². The fourth-order valence-corrected chi connectivity index (χ4v) is 3.94. The van der Waals surface area contributed by atoms with Crippen LogP contribution in [0.3, 0.4) is 0 Å². The third-order valence-corrected chi connectivity index (χ3v) is 5.50. The van der Waals surface area contributed by atoms with Gasteiger partial charge in [0, 0.05) is 27.2 Å². The summed E-state index contributed by atoms with van der Waals surface area (Å²) in [7, 11) is 3.62. The van der Waals surface area contributed by atoms with Crippen molar-refractivity contribution in [2.75, 3.05) is 27.2 Å². The molecule has 0 aromatic heterocycles. The summed E-state index contributed by atoms with van der Waals surface area (Å²) >= 11 is 0. The van der Waals surface area contributed by atoms with Crippen LogP contribution in [0.5, 0.6) is 5.75 Å². The molecule has 1 N–H and O–H groups in total. The molecule has 31 heavy (non-hydrogen) atoms. The maximum absolute atomic E-state index is 12.7. The summed E-state index contributed by atoms with van der Waals surface area (Å²) in [5.74, 6) is 1.21. The zero-order chi connectivity index (χ0) is 21.8. The van der Waals surface area contributed by atoms with E-state index in [-0.39, 0.29) is 5.91 Å². The first-order chi connectivity index (χ1) is 15.0. The number of hydrogen-bond acceptors (Lipinski definition) is 6. The van der Waals surface area contributed by atoms with E-state index in [1.165, 1.54) is 4.90 Å². The Kier molecular flexibility index (Phi) is 6.06. The highest BCUT2D eigenvalue weighted by Crippen LogP contribution is 2.26. The summed E-state index contributed by atoms with van der Waals surface area (Å²) in [6.07, 6.45) is 0.172. The Morgan fingerprint density at radius 3 is 2.45 bits per heavy atom. The van der Waals surface area contributed by atoms with Crippen LogP contribution in [0.2, 0.25) is 0 Å². The Morgan fingerprint density at radius 2 is 1.74 bits per heavy atom. The lowest BCUT2D eigenvalue weighted by atomic mass is 10.1. The number of urea groups is 1. The molecule has 2 unspecified atom stereocenters. The largest absolute Gasteiger partial charge is 0.494 e. The summed E-state index contributed by atoms with van der Waals surface area (Å²) in [6.45, 7) is 1.75. The van der Waals surface area contributed by atoms with Crippen LogP contribution < -0.4 is 10.1 Å². The van der Waals surface area contributed by atoms with Crippen molar-refractivity contribution in [3.8, 4) is 5.75 Å². The molecule has 2 atom stereocenters. The molecule has 3 amide bonds. The van der Waals surface area contributed by atoms with Gasteiger partial charge in [0.25, 0.3) is 5.91 Å². The van der Waals surface area contributed by atoms with Gasteiger partial charge in [0.05, 0.1) is 6.61 Å². The van der Waals surface area contributed by atoms with E-state index in [0.717, 1.165) is 11.3 Å². The fourth-order valence-electron chi connectivity index (χ4n) is 3.94. The number of imide groups is 1. The Balaban J connectivity index is 1.48. The molecule has 0 radical (unpaired) electrons. The van der Waals surface area contributed by atoms with Gasteiger partial charge in [-0.1, -0.05) is 48.5 Å². The minimum atomic E-state index is -0.548. The topological polar surface area (TPSA) is 77.5 Å². The second kappa shape index (κ2) is 9.07. The average molecular weight is 422 g/mol. The maximum atomic E-state index is 12.7. The number of benzene rings is 2. The number of nitrogens with one attached hydrogen (secondary N) is 1. The highest BCUT2D eigenvalue weighted by Gasteiger charge is 2.49. The number of carbonyl (C=O) groups is 2. The first kappa shape index (κ1) is 20.7. The van der Waals surface area contributed by atoms with Crippen LogP contribution in [0.1, 0.15) is 12.0 Å². The first-order valence-corrected chi connectivity index (χ1v) is 10.4. The van der Waals surface area contributed by atoms with Gasteiger partial charge in [-0.05, 0) is 24.1 Å². The van der Waals surface area contributed by atoms with E-state index in [1.54, 1.807) is 7.05 Å². The highest BCUT2D eigenvalue weighted by atomic mass is 16.5. The van der Waals surface area contributed by atoms with Gasteiger partial charge in [-0.2, -0.15) is 0 Å². The number of carbonyl (C=O) groups excluding carboxylic acids is 2. The summed E-state index contributed by atoms with van der Waals surface area (Å²) in [5.41, 5.74) is 1.14. The van der Waals surface area contributed by atoms with Crippen LogP contribution in [0.15, 0.2) is 65.7 Å². The lowest BCUT2D eigenvalue weighted by molar-refractivity contribution is -0.127. The molecule has 1 saturated heterocycles. The van der Waals surface area contributed by atoms with E-state index in [9.17, 15) is 9.59 Å². The number of nitrogens with zero attached hydrogens (tertiary/aromatic N) is 4. The number of rotatable bonds is 7. The summed E-state index contributed by atoms with van der Waals surface area (Å²) in [4.78, 5) is 35.1. The number of para-hydroxylation sites is 1. The molecular formula is C23H27N5O3. The molecular weight excluding hydrogens is 394 g/mol. The molecule has 2 aliphatic heterocycles. The summed E-state index contributed by atoms with van der Waals surface area (Å²) in [5, 5.41) is 2.44. The fraction of sp³-hybridized carbons (Fsp3) is 0.348. The number of hydrogen-bond donors (Lipinski definition) is 1. The second-order valence-corrected chi connectivity index (χ2v) is 7.74. The van der Waals surface area contributed by atoms with E-state index < -0.39 is 18.2 Å². The lowest BCUT2D eigenvalue weighted by Gasteiger charge is -2.37. The number of guanidine groups is 1. The molecule has 162 valence electrons. The van der Waals surface area contributed by atoms with Crippen LogP contribution >= 0.6 is 0 Å². The van der Waals surface area contributed by atoms with E-state index in [4.69, 9.17) is 9.73 Å². The van der Waals surface area contributed by atoms with E-state index >= 15 is 0 Å². The van der Waals surface area contributed by atoms with Crippen molar-refractivity contribution in [2.45, 2.75) is 25.2 Å². The van der Waals surface area contributed by atoms with Crippen molar-refractivity contribution >= 4 is 17.9 Å². The smallest absolute Gasteiger partial charge is 0.325 e. The SMILES string of the molecule is CN(Cc1ccccc1)C1=NC2C(C(=O)NC(=O)N2C)N1CCCOc1ccccc1. The van der Waals surface area contributed by atoms with E-state index in [1.807, 2.05) is 65.4 Å². The highest BCUT2D eigenvalue weighted by molar-refractivity contribution is 6.03. The van der Waals surface area contributed by atoms with E-state index in [2.05, 4.69) is 17.4 Å². The zero-order valence-electron chi connectivity index (χ0n) is 17.8. The van der Waals surface area contributed by atoms with Crippen molar-refractivity contribution < 1.29 is 14.3 Å². The normalized spacial score (nSPS) is 20.3. The number of aliphatic imine (C=N–C) groups is 1. The molecule has 0 saturated carbocycles. The Hall–Kier alpha value is -3.55. The molecule has 2 aromatic carbocycles. The number of amides is 3. The van der Waals surface area contributed by atoms with Crippen molar-refractivity contribution in [2.24, 2.45) is 4.99 Å². The third-order valence-electron chi connectivity index (χ3n) is 5.50. The molecule has 8 nitrogen and oxygen atoms in total. The number of likely N-dealkylation sites (N-methyl/N-ethyl adjacent to an activating group) is 1. The monoisotopic (exact) mass is 421 g/mol. The standard InChI is InChI=1S/C23H27N5O3/c1-26(16-17-10-5-3-6-11-17)22-24-20-19(21(29)25-23(30)27(20)2)28(22)14-9-15-31-18-12-7-4-8-13-18/h3-8,10-13,19-20H,9,14-16H2,1-2H3,(H,25,29,30). The Bertz CT molecular complexity index is 950. The van der Waals surface area contributed by atoms with Gasteiger partial charge < -0.3 is 19.4 Å². The number of ether oxygens (including phenoxy) is 1.